The summed E-state index contributed by atoms with van der Waals surface area (Å²) in [7, 11) is 0. The van der Waals surface area contributed by atoms with Gasteiger partial charge >= 0.3 is 5.97 Å². The van der Waals surface area contributed by atoms with Crippen molar-refractivity contribution in [3.63, 3.8) is 0 Å². The van der Waals surface area contributed by atoms with Crippen LogP contribution in [0.3, 0.4) is 0 Å². The molecule has 3 N–H and O–H groups in total. The molecule has 0 radical (unpaired) electrons. The number of nitrogen functional groups attached to an aromatic ring is 1. The van der Waals surface area contributed by atoms with E-state index in [-0.39, 0.29) is 38.0 Å². The molecule has 0 aromatic heterocycles. The van der Waals surface area contributed by atoms with Crippen molar-refractivity contribution in [2.24, 2.45) is 0 Å². The van der Waals surface area contributed by atoms with E-state index in [0.717, 1.165) is 0 Å². The molecular weight excluding hydrogens is 422 g/mol. The third-order valence-electron chi connectivity index (χ3n) is 2.16. The number of benzene rings is 1. The van der Waals surface area contributed by atoms with Crippen LogP contribution in [-0.4, -0.2) is 16.9 Å². The Bertz CT molecular complexity index is 514. The number of carbonyl (C=O) groups is 2. The van der Waals surface area contributed by atoms with Gasteiger partial charge in [-0.05, 0) is 47.8 Å². The molecule has 0 spiro atoms. The van der Waals surface area contributed by atoms with Gasteiger partial charge in [0.25, 0.3) is 0 Å². The average molecular weight is 430 g/mol. The topological polar surface area (TPSA) is 80.4 Å². The molecule has 92 valence electrons. The first kappa shape index (κ1) is 14.7. The normalized spacial score (nSPS) is 10.4. The van der Waals surface area contributed by atoms with E-state index in [0.29, 0.717) is 4.47 Å². The molecule has 4 nitrogen and oxygen atoms in total. The number of nitrogens with two attached hydrogens (primary N) is 1. The molecule has 0 fully saturated rings. The van der Waals surface area contributed by atoms with Gasteiger partial charge in [0, 0.05) is 16.5 Å². The number of rotatable bonds is 3. The van der Waals surface area contributed by atoms with Gasteiger partial charge in [0.05, 0.1) is 20.2 Å². The molecule has 0 atom stereocenters. The Morgan fingerprint density at radius 3 is 2.00 bits per heavy atom. The number of aromatic carboxylic acids is 1. The summed E-state index contributed by atoms with van der Waals surface area (Å²) in [5.41, 5.74) is 6.15. The van der Waals surface area contributed by atoms with E-state index in [1.54, 1.807) is 6.92 Å². The number of ketones is 1. The Kier molecular flexibility index (Phi) is 4.74. The SMILES string of the molecule is CCC(=O)c1c(Br)c(N)c(Br)c(C(=O)O)c1Br. The molecule has 7 heteroatoms. The van der Waals surface area contributed by atoms with Gasteiger partial charge < -0.3 is 10.8 Å². The van der Waals surface area contributed by atoms with Crippen molar-refractivity contribution in [3.05, 3.63) is 24.5 Å². The molecule has 0 aliphatic carbocycles. The molecule has 0 aliphatic heterocycles. The maximum absolute atomic E-state index is 11.8. The minimum Gasteiger partial charge on any atom is -0.478 e. The second kappa shape index (κ2) is 5.49. The molecule has 0 amide bonds. The van der Waals surface area contributed by atoms with Gasteiger partial charge in [0.1, 0.15) is 0 Å². The number of carboxylic acids is 1. The number of halogens is 3. The zero-order valence-electron chi connectivity index (χ0n) is 8.68. The standard InChI is InChI=1S/C10H8Br3NO3/c1-2-3(15)4-6(11)5(10(16)17)8(13)9(14)7(4)12/h2,14H2,1H3,(H,16,17). The third kappa shape index (κ3) is 2.56. The van der Waals surface area contributed by atoms with E-state index in [9.17, 15) is 9.59 Å². The van der Waals surface area contributed by atoms with Gasteiger partial charge in [-0.2, -0.15) is 0 Å². The van der Waals surface area contributed by atoms with Gasteiger partial charge in [-0.1, -0.05) is 6.92 Å². The quantitative estimate of drug-likeness (QED) is 0.565. The fourth-order valence-electron chi connectivity index (χ4n) is 1.29. The van der Waals surface area contributed by atoms with Crippen molar-refractivity contribution in [2.45, 2.75) is 13.3 Å². The fraction of sp³-hybridized carbons (Fsp3) is 0.200. The summed E-state index contributed by atoms with van der Waals surface area (Å²) in [6.07, 6.45) is 0.261. The summed E-state index contributed by atoms with van der Waals surface area (Å²) < 4.78 is 0.870. The zero-order chi connectivity index (χ0) is 13.3. The molecule has 0 saturated carbocycles. The van der Waals surface area contributed by atoms with Crippen LogP contribution in [0.15, 0.2) is 13.4 Å². The summed E-state index contributed by atoms with van der Waals surface area (Å²) in [6, 6.07) is 0. The van der Waals surface area contributed by atoms with Crippen molar-refractivity contribution in [2.75, 3.05) is 5.73 Å². The number of carbonyl (C=O) groups excluding carboxylic acids is 1. The molecule has 0 saturated heterocycles. The molecule has 1 rings (SSSR count). The summed E-state index contributed by atoms with van der Waals surface area (Å²) in [4.78, 5) is 22.9. The summed E-state index contributed by atoms with van der Waals surface area (Å²) in [5.74, 6) is -1.35. The Morgan fingerprint density at radius 1 is 1.12 bits per heavy atom. The van der Waals surface area contributed by atoms with Crippen LogP contribution in [0.4, 0.5) is 5.69 Å². The fourth-order valence-corrected chi connectivity index (χ4v) is 4.06. The van der Waals surface area contributed by atoms with Crippen LogP contribution in [-0.2, 0) is 0 Å². The minimum atomic E-state index is -1.16. The van der Waals surface area contributed by atoms with Crippen LogP contribution in [0.1, 0.15) is 34.1 Å². The van der Waals surface area contributed by atoms with Crippen molar-refractivity contribution in [3.8, 4) is 0 Å². The van der Waals surface area contributed by atoms with Gasteiger partial charge in [0.2, 0.25) is 0 Å². The molecule has 1 aromatic carbocycles. The van der Waals surface area contributed by atoms with Crippen LogP contribution in [0.25, 0.3) is 0 Å². The first-order valence-electron chi connectivity index (χ1n) is 4.55. The van der Waals surface area contributed by atoms with E-state index < -0.39 is 5.97 Å². The molecule has 0 unspecified atom stereocenters. The zero-order valence-corrected chi connectivity index (χ0v) is 13.4. The smallest absolute Gasteiger partial charge is 0.338 e. The summed E-state index contributed by atoms with van der Waals surface area (Å²) in [6.45, 7) is 1.69. The van der Waals surface area contributed by atoms with E-state index in [1.807, 2.05) is 0 Å². The number of carboxylic acid groups (broad SMARTS) is 1. The van der Waals surface area contributed by atoms with E-state index >= 15 is 0 Å². The lowest BCUT2D eigenvalue weighted by molar-refractivity contribution is 0.0695. The predicted molar refractivity (Wildman–Crippen MR) is 75.5 cm³/mol. The summed E-state index contributed by atoms with van der Waals surface area (Å²) in [5, 5.41) is 9.10. The molecular formula is C10H8Br3NO3. The first-order chi connectivity index (χ1) is 7.82. The number of hydrogen-bond donors (Lipinski definition) is 2. The highest BCUT2D eigenvalue weighted by atomic mass is 79.9. The van der Waals surface area contributed by atoms with Gasteiger partial charge in [0.15, 0.2) is 5.78 Å². The molecule has 0 bridgehead atoms. The lowest BCUT2D eigenvalue weighted by Crippen LogP contribution is -2.10. The Morgan fingerprint density at radius 2 is 1.59 bits per heavy atom. The number of hydrogen-bond acceptors (Lipinski definition) is 3. The second-order valence-corrected chi connectivity index (χ2v) is 5.57. The maximum Gasteiger partial charge on any atom is 0.338 e. The Hall–Kier alpha value is -0.400. The van der Waals surface area contributed by atoms with Crippen LogP contribution in [0, 0.1) is 0 Å². The van der Waals surface area contributed by atoms with Crippen LogP contribution >= 0.6 is 47.8 Å². The Labute approximate surface area is 123 Å². The van der Waals surface area contributed by atoms with Gasteiger partial charge in [-0.25, -0.2) is 4.79 Å². The lowest BCUT2D eigenvalue weighted by atomic mass is 10.0. The number of Topliss-reactive ketones (excluding diaryl/α,β-unsaturated/α-hetero) is 1. The Balaban J connectivity index is 3.74. The first-order valence-corrected chi connectivity index (χ1v) is 6.93. The molecule has 1 aromatic rings. The van der Waals surface area contributed by atoms with Crippen LogP contribution < -0.4 is 5.73 Å². The summed E-state index contributed by atoms with van der Waals surface area (Å²) >= 11 is 9.46. The van der Waals surface area contributed by atoms with Crippen molar-refractivity contribution in [1.29, 1.82) is 0 Å². The monoisotopic (exact) mass is 427 g/mol. The minimum absolute atomic E-state index is 0.0532. The van der Waals surface area contributed by atoms with Crippen molar-refractivity contribution < 1.29 is 14.7 Å². The van der Waals surface area contributed by atoms with E-state index in [4.69, 9.17) is 10.8 Å². The predicted octanol–water partition coefficient (Wildman–Crippen LogP) is 3.85. The van der Waals surface area contributed by atoms with Crippen molar-refractivity contribution in [1.82, 2.24) is 0 Å². The average Bonchev–Trinajstić information content (AvgIpc) is 2.25. The van der Waals surface area contributed by atoms with E-state index in [2.05, 4.69) is 47.8 Å². The van der Waals surface area contributed by atoms with Gasteiger partial charge in [-0.15, -0.1) is 0 Å². The second-order valence-electron chi connectivity index (χ2n) is 3.19. The largest absolute Gasteiger partial charge is 0.478 e. The molecule has 0 aliphatic rings. The highest BCUT2D eigenvalue weighted by Gasteiger charge is 2.25. The maximum atomic E-state index is 11.8. The highest BCUT2D eigenvalue weighted by molar-refractivity contribution is 9.11. The van der Waals surface area contributed by atoms with Crippen molar-refractivity contribution >= 4 is 65.2 Å². The lowest BCUT2D eigenvalue weighted by Gasteiger charge is -2.13. The van der Waals surface area contributed by atoms with Crippen LogP contribution in [0.5, 0.6) is 0 Å². The number of anilines is 1. The van der Waals surface area contributed by atoms with Gasteiger partial charge in [-0.3, -0.25) is 4.79 Å². The molecule has 17 heavy (non-hydrogen) atoms. The van der Waals surface area contributed by atoms with Crippen LogP contribution in [0.2, 0.25) is 0 Å². The third-order valence-corrected chi connectivity index (χ3v) is 4.61. The van der Waals surface area contributed by atoms with E-state index in [1.165, 1.54) is 0 Å². The molecule has 0 heterocycles. The highest BCUT2D eigenvalue weighted by Crippen LogP contribution is 2.41.